The lowest BCUT2D eigenvalue weighted by Gasteiger charge is -2.34. The number of para-hydroxylation sites is 1. The molecule has 180 valence electrons. The highest BCUT2D eigenvalue weighted by atomic mass is 16.3. The van der Waals surface area contributed by atoms with Gasteiger partial charge in [0.05, 0.1) is 11.3 Å². The second kappa shape index (κ2) is 12.2. The van der Waals surface area contributed by atoms with Crippen molar-refractivity contribution in [3.8, 4) is 6.07 Å². The maximum absolute atomic E-state index is 12.7. The fourth-order valence-corrected chi connectivity index (χ4v) is 4.19. The molecular weight excluding hydrogens is 432 g/mol. The molecule has 8 heteroatoms. The van der Waals surface area contributed by atoms with Gasteiger partial charge >= 0.3 is 0 Å². The minimum atomic E-state index is -1.83. The Morgan fingerprint density at radius 3 is 2.38 bits per heavy atom. The van der Waals surface area contributed by atoms with Crippen molar-refractivity contribution in [2.24, 2.45) is 5.92 Å². The molecule has 2 aromatic carbocycles. The molecule has 0 aromatic heterocycles. The average molecular weight is 465 g/mol. The molecule has 1 saturated heterocycles. The lowest BCUT2D eigenvalue weighted by atomic mass is 9.95. The Bertz CT molecular complexity index is 999. The van der Waals surface area contributed by atoms with E-state index in [4.69, 9.17) is 0 Å². The van der Waals surface area contributed by atoms with E-state index < -0.39 is 24.0 Å². The second-order valence-corrected chi connectivity index (χ2v) is 8.53. The van der Waals surface area contributed by atoms with Gasteiger partial charge in [0.25, 0.3) is 11.8 Å². The molecule has 3 rings (SSSR count). The molecule has 1 aliphatic heterocycles. The standard InChI is InChI=1S/C26H32N4O4/c1-2-29(18-20-8-4-3-5-9-20)26(34)24(32)23(31)25(33)28-17-19-12-14-30(15-13-19)22-11-7-6-10-21(22)16-27/h3-11,19,23-24,31-32H,2,12-15,17-18H2,1H3,(H,28,33)/t23-,24-/m1/s1. The van der Waals surface area contributed by atoms with Crippen molar-refractivity contribution < 1.29 is 19.8 Å². The zero-order valence-electron chi connectivity index (χ0n) is 19.4. The highest BCUT2D eigenvalue weighted by Crippen LogP contribution is 2.25. The number of aliphatic hydroxyl groups is 2. The molecule has 0 aliphatic carbocycles. The molecule has 2 aromatic rings. The van der Waals surface area contributed by atoms with Gasteiger partial charge in [-0.25, -0.2) is 0 Å². The van der Waals surface area contributed by atoms with Crippen LogP contribution in [-0.4, -0.2) is 65.3 Å². The van der Waals surface area contributed by atoms with Crippen molar-refractivity contribution in [2.75, 3.05) is 31.1 Å². The zero-order valence-corrected chi connectivity index (χ0v) is 19.4. The number of amides is 2. The number of hydrogen-bond acceptors (Lipinski definition) is 6. The summed E-state index contributed by atoms with van der Waals surface area (Å²) in [6.07, 6.45) is -2.02. The van der Waals surface area contributed by atoms with E-state index in [1.807, 2.05) is 48.5 Å². The van der Waals surface area contributed by atoms with Crippen molar-refractivity contribution in [1.29, 1.82) is 5.26 Å². The van der Waals surface area contributed by atoms with E-state index in [1.54, 1.807) is 13.0 Å². The Labute approximate surface area is 200 Å². The first kappa shape index (κ1) is 25.2. The topological polar surface area (TPSA) is 117 Å². The molecule has 0 bridgehead atoms. The van der Waals surface area contributed by atoms with Gasteiger partial charge in [-0.2, -0.15) is 5.26 Å². The van der Waals surface area contributed by atoms with Crippen LogP contribution in [0.4, 0.5) is 5.69 Å². The highest BCUT2D eigenvalue weighted by molar-refractivity contribution is 5.90. The molecule has 3 N–H and O–H groups in total. The van der Waals surface area contributed by atoms with Crippen molar-refractivity contribution >= 4 is 17.5 Å². The van der Waals surface area contributed by atoms with Crippen LogP contribution in [0.25, 0.3) is 0 Å². The van der Waals surface area contributed by atoms with Crippen LogP contribution >= 0.6 is 0 Å². The van der Waals surface area contributed by atoms with Crippen LogP contribution < -0.4 is 10.2 Å². The smallest absolute Gasteiger partial charge is 0.254 e. The van der Waals surface area contributed by atoms with E-state index in [-0.39, 0.29) is 12.5 Å². The number of carbonyl (C=O) groups excluding carboxylic acids is 2. The minimum absolute atomic E-state index is 0.208. The first-order chi connectivity index (χ1) is 16.4. The van der Waals surface area contributed by atoms with Crippen LogP contribution in [0.2, 0.25) is 0 Å². The second-order valence-electron chi connectivity index (χ2n) is 8.53. The number of aliphatic hydroxyl groups excluding tert-OH is 2. The number of likely N-dealkylation sites (N-methyl/N-ethyl adjacent to an activating group) is 1. The summed E-state index contributed by atoms with van der Waals surface area (Å²) >= 11 is 0. The van der Waals surface area contributed by atoms with Gasteiger partial charge in [0.2, 0.25) is 0 Å². The van der Waals surface area contributed by atoms with Crippen molar-refractivity contribution in [3.63, 3.8) is 0 Å². The summed E-state index contributed by atoms with van der Waals surface area (Å²) in [5.74, 6) is -1.23. The molecule has 0 spiro atoms. The number of nitriles is 1. The Morgan fingerprint density at radius 1 is 1.09 bits per heavy atom. The first-order valence-electron chi connectivity index (χ1n) is 11.6. The molecule has 1 heterocycles. The molecule has 2 atom stereocenters. The van der Waals surface area contributed by atoms with Gasteiger partial charge in [0.1, 0.15) is 6.07 Å². The van der Waals surface area contributed by atoms with E-state index in [9.17, 15) is 25.1 Å². The molecule has 8 nitrogen and oxygen atoms in total. The number of piperidine rings is 1. The summed E-state index contributed by atoms with van der Waals surface area (Å²) in [6.45, 7) is 4.27. The number of nitrogens with one attached hydrogen (secondary N) is 1. The number of nitrogens with zero attached hydrogens (tertiary/aromatic N) is 3. The third-order valence-electron chi connectivity index (χ3n) is 6.28. The van der Waals surface area contributed by atoms with Crippen molar-refractivity contribution in [3.05, 3.63) is 65.7 Å². The predicted octanol–water partition coefficient (Wildman–Crippen LogP) is 1.66. The summed E-state index contributed by atoms with van der Waals surface area (Å²) in [6, 6.07) is 19.1. The zero-order chi connectivity index (χ0) is 24.5. The van der Waals surface area contributed by atoms with Crippen LogP contribution in [-0.2, 0) is 16.1 Å². The molecule has 0 radical (unpaired) electrons. The summed E-state index contributed by atoms with van der Waals surface area (Å²) < 4.78 is 0. The molecular formula is C26H32N4O4. The Kier molecular flexibility index (Phi) is 9.02. The predicted molar refractivity (Wildman–Crippen MR) is 129 cm³/mol. The van der Waals surface area contributed by atoms with Gasteiger partial charge in [-0.05, 0) is 43.4 Å². The summed E-state index contributed by atoms with van der Waals surface area (Å²) in [7, 11) is 0. The van der Waals surface area contributed by atoms with Gasteiger partial charge in [0, 0.05) is 32.7 Å². The van der Waals surface area contributed by atoms with Crippen LogP contribution in [0, 0.1) is 17.2 Å². The lowest BCUT2D eigenvalue weighted by Crippen LogP contribution is -2.51. The number of anilines is 1. The number of hydrogen-bond donors (Lipinski definition) is 3. The van der Waals surface area contributed by atoms with Crippen LogP contribution in [0.5, 0.6) is 0 Å². The Morgan fingerprint density at radius 2 is 1.74 bits per heavy atom. The van der Waals surface area contributed by atoms with Gasteiger partial charge in [0.15, 0.2) is 12.2 Å². The van der Waals surface area contributed by atoms with E-state index >= 15 is 0 Å². The first-order valence-corrected chi connectivity index (χ1v) is 11.6. The summed E-state index contributed by atoms with van der Waals surface area (Å²) in [5, 5.41) is 32.6. The molecule has 0 unspecified atom stereocenters. The van der Waals surface area contributed by atoms with Gasteiger partial charge < -0.3 is 25.3 Å². The maximum Gasteiger partial charge on any atom is 0.254 e. The SMILES string of the molecule is CCN(Cc1ccccc1)C(=O)[C@H](O)[C@@H](O)C(=O)NCC1CCN(c2ccccc2C#N)CC1. The molecule has 0 saturated carbocycles. The maximum atomic E-state index is 12.7. The van der Waals surface area contributed by atoms with Crippen LogP contribution in [0.15, 0.2) is 54.6 Å². The fraction of sp³-hybridized carbons (Fsp3) is 0.423. The number of rotatable bonds is 9. The minimum Gasteiger partial charge on any atom is -0.380 e. The third-order valence-corrected chi connectivity index (χ3v) is 6.28. The van der Waals surface area contributed by atoms with E-state index in [1.165, 1.54) is 4.90 Å². The summed E-state index contributed by atoms with van der Waals surface area (Å²) in [4.78, 5) is 28.7. The fourth-order valence-electron chi connectivity index (χ4n) is 4.19. The lowest BCUT2D eigenvalue weighted by molar-refractivity contribution is -0.153. The van der Waals surface area contributed by atoms with Gasteiger partial charge in [-0.1, -0.05) is 42.5 Å². The van der Waals surface area contributed by atoms with E-state index in [2.05, 4.69) is 16.3 Å². The molecule has 1 fully saturated rings. The summed E-state index contributed by atoms with van der Waals surface area (Å²) in [5.41, 5.74) is 2.46. The Hall–Kier alpha value is -3.41. The molecule has 2 amide bonds. The highest BCUT2D eigenvalue weighted by Gasteiger charge is 2.33. The normalized spacial score (nSPS) is 15.8. The van der Waals surface area contributed by atoms with Crippen molar-refractivity contribution in [2.45, 2.75) is 38.5 Å². The largest absolute Gasteiger partial charge is 0.380 e. The van der Waals surface area contributed by atoms with Crippen molar-refractivity contribution in [1.82, 2.24) is 10.2 Å². The molecule has 1 aliphatic rings. The van der Waals surface area contributed by atoms with E-state index in [0.717, 1.165) is 37.2 Å². The van der Waals surface area contributed by atoms with E-state index in [0.29, 0.717) is 18.7 Å². The Balaban J connectivity index is 1.47. The quantitative estimate of drug-likeness (QED) is 0.520. The number of carbonyl (C=O) groups is 2. The van der Waals surface area contributed by atoms with Gasteiger partial charge in [-0.15, -0.1) is 0 Å². The van der Waals surface area contributed by atoms with Crippen LogP contribution in [0.3, 0.4) is 0 Å². The van der Waals surface area contributed by atoms with Crippen LogP contribution in [0.1, 0.15) is 30.9 Å². The van der Waals surface area contributed by atoms with Gasteiger partial charge in [-0.3, -0.25) is 9.59 Å². The third kappa shape index (κ3) is 6.34. The average Bonchev–Trinajstić information content (AvgIpc) is 2.89. The number of benzene rings is 2. The molecule has 34 heavy (non-hydrogen) atoms. The monoisotopic (exact) mass is 464 g/mol.